The van der Waals surface area contributed by atoms with Crippen LogP contribution in [0.3, 0.4) is 0 Å². The van der Waals surface area contributed by atoms with Gasteiger partial charge in [0.1, 0.15) is 5.75 Å². The molecule has 0 spiro atoms. The lowest BCUT2D eigenvalue weighted by atomic mass is 10.2. The van der Waals surface area contributed by atoms with Crippen molar-refractivity contribution in [2.75, 3.05) is 14.2 Å². The lowest BCUT2D eigenvalue weighted by Crippen LogP contribution is -2.18. The number of carbonyl (C=O) groups excluding carboxylic acids is 1. The van der Waals surface area contributed by atoms with E-state index in [1.165, 1.54) is 44.7 Å². The van der Waals surface area contributed by atoms with Gasteiger partial charge in [-0.1, -0.05) is 29.3 Å². The van der Waals surface area contributed by atoms with Gasteiger partial charge in [0.15, 0.2) is 11.5 Å². The minimum atomic E-state index is -3.82. The molecular formula is C23H21ClN2O6S. The van der Waals surface area contributed by atoms with Gasteiger partial charge in [-0.3, -0.25) is 0 Å². The minimum absolute atomic E-state index is 0.0253. The van der Waals surface area contributed by atoms with Gasteiger partial charge in [-0.15, -0.1) is 0 Å². The average Bonchev–Trinajstić information content (AvgIpc) is 2.80. The fourth-order valence-electron chi connectivity index (χ4n) is 2.73. The molecule has 0 amide bonds. The maximum absolute atomic E-state index is 12.5. The Bertz CT molecular complexity index is 1270. The SMILES string of the molecule is COc1ccc(C(=O)Oc2c(Cl)cc(/C=N\NS(=O)(=O)c3ccc(C)cc3)cc2OC)cc1. The van der Waals surface area contributed by atoms with E-state index in [-0.39, 0.29) is 21.4 Å². The van der Waals surface area contributed by atoms with Gasteiger partial charge < -0.3 is 14.2 Å². The molecule has 0 aliphatic heterocycles. The Morgan fingerprint density at radius 2 is 1.67 bits per heavy atom. The van der Waals surface area contributed by atoms with Crippen molar-refractivity contribution in [3.63, 3.8) is 0 Å². The van der Waals surface area contributed by atoms with E-state index in [4.69, 9.17) is 25.8 Å². The standard InChI is InChI=1S/C23H21ClN2O6S/c1-15-4-10-19(11-5-15)33(28,29)26-25-14-16-12-20(24)22(21(13-16)31-3)32-23(27)17-6-8-18(30-2)9-7-17/h4-14,26H,1-3H3/b25-14-. The van der Waals surface area contributed by atoms with Crippen LogP contribution in [0, 0.1) is 6.92 Å². The molecule has 3 aromatic carbocycles. The number of sulfonamides is 1. The zero-order valence-corrected chi connectivity index (χ0v) is 19.6. The molecule has 0 fully saturated rings. The number of halogens is 1. The van der Waals surface area contributed by atoms with Gasteiger partial charge in [0.2, 0.25) is 0 Å². The Kier molecular flexibility index (Phi) is 7.57. The van der Waals surface area contributed by atoms with Gasteiger partial charge in [0.25, 0.3) is 10.0 Å². The molecule has 3 aromatic rings. The van der Waals surface area contributed by atoms with Gasteiger partial charge in [-0.25, -0.2) is 9.63 Å². The third-order valence-corrected chi connectivity index (χ3v) is 6.01. The summed E-state index contributed by atoms with van der Waals surface area (Å²) in [6.45, 7) is 1.86. The van der Waals surface area contributed by atoms with Crippen LogP contribution >= 0.6 is 11.6 Å². The highest BCUT2D eigenvalue weighted by Crippen LogP contribution is 2.36. The van der Waals surface area contributed by atoms with Crippen LogP contribution in [0.2, 0.25) is 5.02 Å². The molecule has 0 aromatic heterocycles. The van der Waals surface area contributed by atoms with Gasteiger partial charge in [-0.2, -0.15) is 13.5 Å². The number of hydrazone groups is 1. The largest absolute Gasteiger partial charge is 0.497 e. The fourth-order valence-corrected chi connectivity index (χ4v) is 3.78. The summed E-state index contributed by atoms with van der Waals surface area (Å²) in [7, 11) is -0.913. The first-order valence-corrected chi connectivity index (χ1v) is 11.4. The highest BCUT2D eigenvalue weighted by atomic mass is 35.5. The number of benzene rings is 3. The number of ether oxygens (including phenoxy) is 3. The van der Waals surface area contributed by atoms with Crippen LogP contribution in [-0.4, -0.2) is 34.8 Å². The summed E-state index contributed by atoms with van der Waals surface area (Å²) >= 11 is 6.29. The molecule has 0 atom stereocenters. The fraction of sp³-hybridized carbons (Fsp3) is 0.130. The van der Waals surface area contributed by atoms with Crippen molar-refractivity contribution in [3.05, 3.63) is 82.4 Å². The summed E-state index contributed by atoms with van der Waals surface area (Å²) < 4.78 is 40.4. The number of nitrogens with zero attached hydrogens (tertiary/aromatic N) is 1. The highest BCUT2D eigenvalue weighted by Gasteiger charge is 2.17. The first-order valence-electron chi connectivity index (χ1n) is 9.59. The molecule has 172 valence electrons. The van der Waals surface area contributed by atoms with E-state index in [0.29, 0.717) is 16.9 Å². The lowest BCUT2D eigenvalue weighted by Gasteiger charge is -2.12. The number of nitrogens with one attached hydrogen (secondary N) is 1. The van der Waals surface area contributed by atoms with Crippen molar-refractivity contribution >= 4 is 33.8 Å². The van der Waals surface area contributed by atoms with E-state index in [1.807, 2.05) is 6.92 Å². The first-order chi connectivity index (χ1) is 15.7. The summed E-state index contributed by atoms with van der Waals surface area (Å²) in [5.41, 5.74) is 1.66. The van der Waals surface area contributed by atoms with Crippen LogP contribution in [0.5, 0.6) is 17.2 Å². The van der Waals surface area contributed by atoms with Crippen LogP contribution < -0.4 is 19.0 Å². The molecule has 10 heteroatoms. The van der Waals surface area contributed by atoms with Crippen molar-refractivity contribution in [1.82, 2.24) is 4.83 Å². The highest BCUT2D eigenvalue weighted by molar-refractivity contribution is 7.89. The lowest BCUT2D eigenvalue weighted by molar-refractivity contribution is 0.0729. The molecule has 0 heterocycles. The number of rotatable bonds is 8. The van der Waals surface area contributed by atoms with Crippen molar-refractivity contribution in [2.24, 2.45) is 5.10 Å². The van der Waals surface area contributed by atoms with Gasteiger partial charge in [-0.05, 0) is 61.0 Å². The number of esters is 1. The normalized spacial score (nSPS) is 11.3. The second-order valence-electron chi connectivity index (χ2n) is 6.82. The van der Waals surface area contributed by atoms with Crippen LogP contribution in [0.1, 0.15) is 21.5 Å². The van der Waals surface area contributed by atoms with E-state index in [1.54, 1.807) is 36.4 Å². The predicted molar refractivity (Wildman–Crippen MR) is 125 cm³/mol. The quantitative estimate of drug-likeness (QED) is 0.220. The van der Waals surface area contributed by atoms with Crippen molar-refractivity contribution in [3.8, 4) is 17.2 Å². The van der Waals surface area contributed by atoms with Crippen LogP contribution in [0.25, 0.3) is 0 Å². The van der Waals surface area contributed by atoms with Crippen molar-refractivity contribution in [1.29, 1.82) is 0 Å². The monoisotopic (exact) mass is 488 g/mol. The Labute approximate surface area is 196 Å². The van der Waals surface area contributed by atoms with E-state index in [0.717, 1.165) is 5.56 Å². The maximum atomic E-state index is 12.5. The Balaban J connectivity index is 1.76. The van der Waals surface area contributed by atoms with Gasteiger partial charge >= 0.3 is 5.97 Å². The van der Waals surface area contributed by atoms with E-state index in [2.05, 4.69) is 9.93 Å². The number of hydrogen-bond donors (Lipinski definition) is 1. The number of aryl methyl sites for hydroxylation is 1. The number of carbonyl (C=O) groups is 1. The van der Waals surface area contributed by atoms with Crippen LogP contribution in [0.15, 0.2) is 70.7 Å². The second kappa shape index (κ2) is 10.4. The molecule has 33 heavy (non-hydrogen) atoms. The molecule has 0 radical (unpaired) electrons. The van der Waals surface area contributed by atoms with Gasteiger partial charge in [0, 0.05) is 0 Å². The average molecular weight is 489 g/mol. The predicted octanol–water partition coefficient (Wildman–Crippen LogP) is 4.20. The van der Waals surface area contributed by atoms with Gasteiger partial charge in [0.05, 0.1) is 35.9 Å². The Morgan fingerprint density at radius 3 is 2.27 bits per heavy atom. The van der Waals surface area contributed by atoms with E-state index in [9.17, 15) is 13.2 Å². The number of hydrogen-bond acceptors (Lipinski definition) is 7. The zero-order valence-electron chi connectivity index (χ0n) is 18.0. The molecule has 0 saturated heterocycles. The molecule has 0 saturated carbocycles. The molecule has 1 N–H and O–H groups in total. The third-order valence-electron chi connectivity index (χ3n) is 4.49. The Hall–Kier alpha value is -3.56. The molecule has 0 aliphatic carbocycles. The summed E-state index contributed by atoms with van der Waals surface area (Å²) in [4.78, 5) is 14.7. The molecule has 0 aliphatic rings. The van der Waals surface area contributed by atoms with Crippen LogP contribution in [0.4, 0.5) is 0 Å². The summed E-state index contributed by atoms with van der Waals surface area (Å²) in [5.74, 6) is 0.165. The topological polar surface area (TPSA) is 103 Å². The van der Waals surface area contributed by atoms with Crippen molar-refractivity contribution in [2.45, 2.75) is 11.8 Å². The molecule has 8 nitrogen and oxygen atoms in total. The summed E-state index contributed by atoms with van der Waals surface area (Å²) in [5, 5.41) is 3.87. The Morgan fingerprint density at radius 1 is 1.00 bits per heavy atom. The minimum Gasteiger partial charge on any atom is -0.497 e. The summed E-state index contributed by atoms with van der Waals surface area (Å²) in [6.07, 6.45) is 1.26. The maximum Gasteiger partial charge on any atom is 0.343 e. The third kappa shape index (κ3) is 6.03. The molecule has 3 rings (SSSR count). The van der Waals surface area contributed by atoms with Crippen molar-refractivity contribution < 1.29 is 27.4 Å². The van der Waals surface area contributed by atoms with E-state index < -0.39 is 16.0 Å². The second-order valence-corrected chi connectivity index (χ2v) is 8.89. The molecule has 0 bridgehead atoms. The first kappa shape index (κ1) is 24.1. The van der Waals surface area contributed by atoms with E-state index >= 15 is 0 Å². The van der Waals surface area contributed by atoms with Crippen LogP contribution in [-0.2, 0) is 10.0 Å². The zero-order chi connectivity index (χ0) is 24.0. The molecule has 0 unspecified atom stereocenters. The number of methoxy groups -OCH3 is 2. The molecular weight excluding hydrogens is 468 g/mol. The smallest absolute Gasteiger partial charge is 0.343 e. The summed E-state index contributed by atoms with van der Waals surface area (Å²) in [6, 6.07) is 15.7.